The Bertz CT molecular complexity index is 860. The molecule has 1 aliphatic rings. The van der Waals surface area contributed by atoms with Gasteiger partial charge in [0.1, 0.15) is 11.5 Å². The fourth-order valence-electron chi connectivity index (χ4n) is 3.07. The van der Waals surface area contributed by atoms with Crippen LogP contribution < -0.4 is 5.32 Å². The van der Waals surface area contributed by atoms with E-state index < -0.39 is 0 Å². The lowest BCUT2D eigenvalue weighted by atomic mass is 10.2. The molecule has 1 unspecified atom stereocenters. The van der Waals surface area contributed by atoms with Crippen molar-refractivity contribution in [2.75, 3.05) is 6.54 Å². The highest BCUT2D eigenvalue weighted by Gasteiger charge is 2.24. The molecule has 3 aromatic heterocycles. The first-order chi connectivity index (χ1) is 12.1. The number of aryl methyl sites for hydroxylation is 3. The lowest BCUT2D eigenvalue weighted by Crippen LogP contribution is -2.36. The number of hydrogen-bond donors (Lipinski definition) is 1. The first-order valence-electron chi connectivity index (χ1n) is 8.27. The molecule has 0 spiro atoms. The molecule has 0 radical (unpaired) electrons. The van der Waals surface area contributed by atoms with Crippen LogP contribution >= 0.6 is 0 Å². The predicted molar refractivity (Wildman–Crippen MR) is 88.5 cm³/mol. The molecule has 1 aliphatic heterocycles. The average Bonchev–Trinajstić information content (AvgIpc) is 3.28. The van der Waals surface area contributed by atoms with E-state index in [-0.39, 0.29) is 6.10 Å². The number of fused-ring (bicyclic) bond motifs is 1. The van der Waals surface area contributed by atoms with Crippen LogP contribution in [0.5, 0.6) is 0 Å². The van der Waals surface area contributed by atoms with Crippen LogP contribution in [-0.4, -0.2) is 42.6 Å². The van der Waals surface area contributed by atoms with Crippen LogP contribution in [0.2, 0.25) is 0 Å². The maximum atomic E-state index is 5.98. The number of hydrogen-bond acceptors (Lipinski definition) is 7. The average molecular weight is 343 g/mol. The zero-order chi connectivity index (χ0) is 17.4. The van der Waals surface area contributed by atoms with Crippen molar-refractivity contribution in [3.05, 3.63) is 35.1 Å². The van der Waals surface area contributed by atoms with E-state index in [1.54, 1.807) is 10.9 Å². The van der Waals surface area contributed by atoms with Gasteiger partial charge in [0.25, 0.3) is 0 Å². The molecule has 1 N–H and O–H groups in total. The largest absolute Gasteiger partial charge is 0.369 e. The van der Waals surface area contributed by atoms with E-state index in [4.69, 9.17) is 9.26 Å². The number of ether oxygens (including phenoxy) is 1. The van der Waals surface area contributed by atoms with Gasteiger partial charge in [0.2, 0.25) is 0 Å². The SMILES string of the molecule is Cc1noc(C)c1CNCC1Cn2nnc(-c3cnn(C)c3)c2CO1. The molecule has 0 aromatic carbocycles. The molecule has 0 saturated heterocycles. The van der Waals surface area contributed by atoms with Gasteiger partial charge >= 0.3 is 0 Å². The highest BCUT2D eigenvalue weighted by molar-refractivity contribution is 5.59. The molecular formula is C16H21N7O2. The number of rotatable bonds is 5. The summed E-state index contributed by atoms with van der Waals surface area (Å²) in [5.74, 6) is 0.856. The number of aromatic nitrogens is 6. The van der Waals surface area contributed by atoms with E-state index in [1.165, 1.54) is 0 Å². The van der Waals surface area contributed by atoms with Crippen LogP contribution in [0.25, 0.3) is 11.3 Å². The van der Waals surface area contributed by atoms with Crippen molar-refractivity contribution in [3.8, 4) is 11.3 Å². The molecule has 132 valence electrons. The Morgan fingerprint density at radius 1 is 1.36 bits per heavy atom. The maximum Gasteiger partial charge on any atom is 0.138 e. The summed E-state index contributed by atoms with van der Waals surface area (Å²) in [5, 5.41) is 20.1. The van der Waals surface area contributed by atoms with Gasteiger partial charge in [-0.3, -0.25) is 4.68 Å². The van der Waals surface area contributed by atoms with E-state index in [1.807, 2.05) is 31.8 Å². The van der Waals surface area contributed by atoms with Crippen molar-refractivity contribution in [1.29, 1.82) is 0 Å². The molecule has 4 rings (SSSR count). The Morgan fingerprint density at radius 2 is 2.24 bits per heavy atom. The summed E-state index contributed by atoms with van der Waals surface area (Å²) in [7, 11) is 1.89. The predicted octanol–water partition coefficient (Wildman–Crippen LogP) is 0.972. The summed E-state index contributed by atoms with van der Waals surface area (Å²) >= 11 is 0. The summed E-state index contributed by atoms with van der Waals surface area (Å²) in [4.78, 5) is 0. The molecule has 0 aliphatic carbocycles. The second-order valence-electron chi connectivity index (χ2n) is 6.34. The molecule has 9 heteroatoms. The zero-order valence-electron chi connectivity index (χ0n) is 14.6. The minimum atomic E-state index is 0.0522. The van der Waals surface area contributed by atoms with Gasteiger partial charge in [-0.2, -0.15) is 5.10 Å². The van der Waals surface area contributed by atoms with Gasteiger partial charge in [0.15, 0.2) is 0 Å². The minimum absolute atomic E-state index is 0.0522. The van der Waals surface area contributed by atoms with Crippen LogP contribution in [0.15, 0.2) is 16.9 Å². The van der Waals surface area contributed by atoms with Crippen molar-refractivity contribution in [2.45, 2.75) is 39.6 Å². The first kappa shape index (κ1) is 16.0. The first-order valence-corrected chi connectivity index (χ1v) is 8.27. The van der Waals surface area contributed by atoms with E-state index >= 15 is 0 Å². The van der Waals surface area contributed by atoms with Crippen LogP contribution in [0, 0.1) is 13.8 Å². The molecule has 3 aromatic rings. The van der Waals surface area contributed by atoms with Crippen LogP contribution in [0.3, 0.4) is 0 Å². The van der Waals surface area contributed by atoms with E-state index in [2.05, 4.69) is 25.9 Å². The highest BCUT2D eigenvalue weighted by Crippen LogP contribution is 2.24. The molecule has 0 fully saturated rings. The summed E-state index contributed by atoms with van der Waals surface area (Å²) in [5.41, 5.74) is 4.83. The normalized spacial score (nSPS) is 17.0. The number of nitrogens with one attached hydrogen (secondary N) is 1. The maximum absolute atomic E-state index is 5.98. The molecule has 9 nitrogen and oxygen atoms in total. The third kappa shape index (κ3) is 3.08. The molecule has 0 amide bonds. The van der Waals surface area contributed by atoms with Gasteiger partial charge in [-0.25, -0.2) is 4.68 Å². The van der Waals surface area contributed by atoms with Gasteiger partial charge in [-0.15, -0.1) is 5.10 Å². The van der Waals surface area contributed by atoms with Crippen molar-refractivity contribution in [2.24, 2.45) is 7.05 Å². The molecule has 4 heterocycles. The fourth-order valence-corrected chi connectivity index (χ4v) is 3.07. The second-order valence-corrected chi connectivity index (χ2v) is 6.34. The molecule has 25 heavy (non-hydrogen) atoms. The van der Waals surface area contributed by atoms with Gasteiger partial charge < -0.3 is 14.6 Å². The van der Waals surface area contributed by atoms with Gasteiger partial charge in [-0.05, 0) is 13.8 Å². The zero-order valence-corrected chi connectivity index (χ0v) is 14.6. The molecular weight excluding hydrogens is 322 g/mol. The lowest BCUT2D eigenvalue weighted by Gasteiger charge is -2.24. The smallest absolute Gasteiger partial charge is 0.138 e. The van der Waals surface area contributed by atoms with Gasteiger partial charge in [0.05, 0.1) is 36.8 Å². The summed E-state index contributed by atoms with van der Waals surface area (Å²) in [6.45, 7) is 6.49. The Kier molecular flexibility index (Phi) is 4.10. The Hall–Kier alpha value is -2.52. The van der Waals surface area contributed by atoms with Crippen molar-refractivity contribution < 1.29 is 9.26 Å². The van der Waals surface area contributed by atoms with Crippen molar-refractivity contribution in [1.82, 2.24) is 35.2 Å². The van der Waals surface area contributed by atoms with Crippen molar-refractivity contribution >= 4 is 0 Å². The standard InChI is InChI=1S/C16H21N7O2/c1-10-14(11(2)25-20-10)6-17-5-13-8-23-15(9-24-13)16(19-21-23)12-4-18-22(3)7-12/h4,7,13,17H,5-6,8-9H2,1-3H3. The van der Waals surface area contributed by atoms with E-state index in [9.17, 15) is 0 Å². The van der Waals surface area contributed by atoms with Gasteiger partial charge in [0, 0.05) is 37.5 Å². The topological polar surface area (TPSA) is 95.8 Å². The molecule has 0 saturated carbocycles. The number of nitrogens with zero attached hydrogens (tertiary/aromatic N) is 6. The van der Waals surface area contributed by atoms with E-state index in [0.29, 0.717) is 19.7 Å². The van der Waals surface area contributed by atoms with Crippen LogP contribution in [0.4, 0.5) is 0 Å². The third-order valence-corrected chi connectivity index (χ3v) is 4.50. The third-order valence-electron chi connectivity index (χ3n) is 4.50. The summed E-state index contributed by atoms with van der Waals surface area (Å²) < 4.78 is 14.8. The Balaban J connectivity index is 1.38. The minimum Gasteiger partial charge on any atom is -0.369 e. The monoisotopic (exact) mass is 343 g/mol. The van der Waals surface area contributed by atoms with Crippen LogP contribution in [-0.2, 0) is 31.5 Å². The molecule has 1 atom stereocenters. The van der Waals surface area contributed by atoms with Crippen LogP contribution in [0.1, 0.15) is 22.7 Å². The highest BCUT2D eigenvalue weighted by atomic mass is 16.5. The summed E-state index contributed by atoms with van der Waals surface area (Å²) in [6, 6.07) is 0. The van der Waals surface area contributed by atoms with Gasteiger partial charge in [-0.1, -0.05) is 10.4 Å². The fraction of sp³-hybridized carbons (Fsp3) is 0.500. The van der Waals surface area contributed by atoms with E-state index in [0.717, 1.165) is 40.5 Å². The lowest BCUT2D eigenvalue weighted by molar-refractivity contribution is 0.00123. The summed E-state index contributed by atoms with van der Waals surface area (Å²) in [6.07, 6.45) is 3.78. The Labute approximate surface area is 144 Å². The quantitative estimate of drug-likeness (QED) is 0.737. The second kappa shape index (κ2) is 6.41. The molecule has 0 bridgehead atoms. The Morgan fingerprint density at radius 3 is 2.96 bits per heavy atom. The van der Waals surface area contributed by atoms with Crippen molar-refractivity contribution in [3.63, 3.8) is 0 Å².